The van der Waals surface area contributed by atoms with E-state index >= 15 is 0 Å². The number of likely N-dealkylation sites (N-methyl/N-ethyl adjacent to an activating group) is 1. The topological polar surface area (TPSA) is 51.4 Å². The highest BCUT2D eigenvalue weighted by atomic mass is 32.1. The van der Waals surface area contributed by atoms with Gasteiger partial charge in [0.1, 0.15) is 0 Å². The Kier molecular flexibility index (Phi) is 5.18. The Balaban J connectivity index is 2.11. The average Bonchev–Trinajstić information content (AvgIpc) is 2.84. The van der Waals surface area contributed by atoms with Gasteiger partial charge in [-0.15, -0.1) is 11.3 Å². The van der Waals surface area contributed by atoms with Crippen LogP contribution in [-0.4, -0.2) is 41.7 Å². The van der Waals surface area contributed by atoms with Gasteiger partial charge in [0.15, 0.2) is 0 Å². The number of thiazole rings is 1. The highest BCUT2D eigenvalue weighted by Gasteiger charge is 2.40. The van der Waals surface area contributed by atoms with Gasteiger partial charge in [0, 0.05) is 30.1 Å². The summed E-state index contributed by atoms with van der Waals surface area (Å²) in [4.78, 5) is 8.11. The second-order valence-corrected chi connectivity index (χ2v) is 7.19. The Morgan fingerprint density at radius 1 is 1.60 bits per heavy atom. The van der Waals surface area contributed by atoms with Crippen molar-refractivity contribution < 1.29 is 4.74 Å². The van der Waals surface area contributed by atoms with E-state index in [9.17, 15) is 0 Å². The van der Waals surface area contributed by atoms with Crippen molar-refractivity contribution in [2.45, 2.75) is 51.8 Å². The van der Waals surface area contributed by atoms with E-state index < -0.39 is 0 Å². The smallest absolute Gasteiger partial charge is 0.0798 e. The third-order valence-electron chi connectivity index (χ3n) is 4.64. The summed E-state index contributed by atoms with van der Waals surface area (Å²) in [6.45, 7) is 8.96. The lowest BCUT2D eigenvalue weighted by atomic mass is 9.82. The lowest BCUT2D eigenvalue weighted by Crippen LogP contribution is -2.57. The number of ether oxygens (including phenoxy) is 1. The van der Waals surface area contributed by atoms with Gasteiger partial charge in [-0.2, -0.15) is 0 Å². The minimum absolute atomic E-state index is 0.0591. The van der Waals surface area contributed by atoms with Gasteiger partial charge in [0.2, 0.25) is 0 Å². The number of aromatic nitrogens is 1. The molecular weight excluding hydrogens is 270 g/mol. The van der Waals surface area contributed by atoms with Crippen LogP contribution in [0.25, 0.3) is 0 Å². The molecule has 114 valence electrons. The van der Waals surface area contributed by atoms with E-state index in [2.05, 4.69) is 37.7 Å². The van der Waals surface area contributed by atoms with Crippen LogP contribution in [0.15, 0.2) is 5.51 Å². The van der Waals surface area contributed by atoms with Crippen LogP contribution in [-0.2, 0) is 11.3 Å². The van der Waals surface area contributed by atoms with Crippen LogP contribution in [0.1, 0.15) is 37.3 Å². The van der Waals surface area contributed by atoms with Crippen LogP contribution in [0.3, 0.4) is 0 Å². The van der Waals surface area contributed by atoms with Gasteiger partial charge in [-0.3, -0.25) is 4.90 Å². The molecule has 0 aliphatic carbocycles. The Bertz CT molecular complexity index is 435. The number of rotatable bonds is 5. The van der Waals surface area contributed by atoms with Crippen molar-refractivity contribution in [3.8, 4) is 0 Å². The van der Waals surface area contributed by atoms with Gasteiger partial charge >= 0.3 is 0 Å². The Hall–Kier alpha value is -0.490. The van der Waals surface area contributed by atoms with Crippen LogP contribution >= 0.6 is 11.3 Å². The molecule has 2 unspecified atom stereocenters. The lowest BCUT2D eigenvalue weighted by molar-refractivity contribution is -0.0833. The molecule has 1 aliphatic rings. The second-order valence-electron chi connectivity index (χ2n) is 6.25. The maximum absolute atomic E-state index is 6.16. The largest absolute Gasteiger partial charge is 0.378 e. The van der Waals surface area contributed by atoms with Crippen LogP contribution in [0.4, 0.5) is 0 Å². The third-order valence-corrected chi connectivity index (χ3v) is 5.56. The molecule has 1 aromatic rings. The van der Waals surface area contributed by atoms with Crippen molar-refractivity contribution >= 4 is 11.3 Å². The highest BCUT2D eigenvalue weighted by molar-refractivity contribution is 7.09. The predicted octanol–water partition coefficient (Wildman–Crippen LogP) is 2.42. The summed E-state index contributed by atoms with van der Waals surface area (Å²) in [5.74, 6) is 0.541. The van der Waals surface area contributed by atoms with Gasteiger partial charge in [0.25, 0.3) is 0 Å². The zero-order valence-electron chi connectivity index (χ0n) is 13.1. The summed E-state index contributed by atoms with van der Waals surface area (Å²) in [5, 5.41) is 0. The number of aryl methyl sites for hydroxylation is 1. The quantitative estimate of drug-likeness (QED) is 0.907. The molecule has 1 aromatic heterocycles. The van der Waals surface area contributed by atoms with Gasteiger partial charge in [-0.05, 0) is 32.7 Å². The van der Waals surface area contributed by atoms with Crippen molar-refractivity contribution in [3.63, 3.8) is 0 Å². The van der Waals surface area contributed by atoms with Crippen molar-refractivity contribution in [2.24, 2.45) is 11.7 Å². The first-order chi connectivity index (χ1) is 9.48. The molecule has 0 bridgehead atoms. The standard InChI is InChI=1S/C15H27N3OS/c1-11(2)13-7-15(9-16,5-6-19-13)18(4)8-14-12(3)17-10-20-14/h10-11,13H,5-9,16H2,1-4H3. The van der Waals surface area contributed by atoms with Crippen molar-refractivity contribution in [1.29, 1.82) is 0 Å². The summed E-state index contributed by atoms with van der Waals surface area (Å²) in [5.41, 5.74) is 9.28. The molecule has 1 saturated heterocycles. The molecular formula is C15H27N3OS. The molecule has 4 nitrogen and oxygen atoms in total. The fourth-order valence-electron chi connectivity index (χ4n) is 2.91. The van der Waals surface area contributed by atoms with Gasteiger partial charge < -0.3 is 10.5 Å². The molecule has 2 heterocycles. The molecule has 2 atom stereocenters. The molecule has 0 spiro atoms. The first-order valence-corrected chi connectivity index (χ1v) is 8.28. The number of nitrogens with two attached hydrogens (primary N) is 1. The van der Waals surface area contributed by atoms with E-state index in [1.165, 1.54) is 4.88 Å². The molecule has 0 radical (unpaired) electrons. The first kappa shape index (κ1) is 15.9. The molecule has 5 heteroatoms. The second kappa shape index (κ2) is 6.52. The minimum atomic E-state index is 0.0591. The number of nitrogens with zero attached hydrogens (tertiary/aromatic N) is 2. The highest BCUT2D eigenvalue weighted by Crippen LogP contribution is 2.33. The number of hydrogen-bond donors (Lipinski definition) is 1. The summed E-state index contributed by atoms with van der Waals surface area (Å²) < 4.78 is 5.91. The lowest BCUT2D eigenvalue weighted by Gasteiger charge is -2.47. The normalized spacial score (nSPS) is 27.4. The molecule has 0 amide bonds. The molecule has 0 saturated carbocycles. The van der Waals surface area contributed by atoms with Crippen molar-refractivity contribution in [1.82, 2.24) is 9.88 Å². The molecule has 2 rings (SSSR count). The van der Waals surface area contributed by atoms with Crippen molar-refractivity contribution in [2.75, 3.05) is 20.2 Å². The zero-order chi connectivity index (χ0) is 14.8. The predicted molar refractivity (Wildman–Crippen MR) is 83.9 cm³/mol. The molecule has 1 aliphatic heterocycles. The van der Waals surface area contributed by atoms with Crippen LogP contribution in [0, 0.1) is 12.8 Å². The van der Waals surface area contributed by atoms with Crippen molar-refractivity contribution in [3.05, 3.63) is 16.1 Å². The minimum Gasteiger partial charge on any atom is -0.378 e. The van der Waals surface area contributed by atoms with Crippen LogP contribution < -0.4 is 5.73 Å². The summed E-state index contributed by atoms with van der Waals surface area (Å²) in [6, 6.07) is 0. The van der Waals surface area contributed by atoms with Gasteiger partial charge in [-0.25, -0.2) is 4.98 Å². The van der Waals surface area contributed by atoms with Crippen LogP contribution in [0.2, 0.25) is 0 Å². The summed E-state index contributed by atoms with van der Waals surface area (Å²) in [6.07, 6.45) is 2.36. The SMILES string of the molecule is Cc1ncsc1CN(C)C1(CN)CCOC(C(C)C)C1. The average molecular weight is 297 g/mol. The summed E-state index contributed by atoms with van der Waals surface area (Å²) >= 11 is 1.73. The zero-order valence-corrected chi connectivity index (χ0v) is 13.9. The van der Waals surface area contributed by atoms with E-state index in [4.69, 9.17) is 10.5 Å². The van der Waals surface area contributed by atoms with E-state index in [-0.39, 0.29) is 5.54 Å². The maximum Gasteiger partial charge on any atom is 0.0798 e. The molecule has 1 fully saturated rings. The Labute approximate surface area is 126 Å². The summed E-state index contributed by atoms with van der Waals surface area (Å²) in [7, 11) is 2.19. The fraction of sp³-hybridized carbons (Fsp3) is 0.800. The van der Waals surface area contributed by atoms with Gasteiger partial charge in [0.05, 0.1) is 17.3 Å². The maximum atomic E-state index is 6.16. The van der Waals surface area contributed by atoms with Gasteiger partial charge in [-0.1, -0.05) is 13.8 Å². The Morgan fingerprint density at radius 2 is 2.35 bits per heavy atom. The first-order valence-electron chi connectivity index (χ1n) is 7.40. The number of hydrogen-bond acceptors (Lipinski definition) is 5. The van der Waals surface area contributed by atoms with E-state index in [1.807, 2.05) is 5.51 Å². The van der Waals surface area contributed by atoms with Crippen LogP contribution in [0.5, 0.6) is 0 Å². The fourth-order valence-corrected chi connectivity index (χ4v) is 3.74. The molecule has 2 N–H and O–H groups in total. The van der Waals surface area contributed by atoms with E-state index in [0.29, 0.717) is 18.6 Å². The van der Waals surface area contributed by atoms with E-state index in [1.54, 1.807) is 11.3 Å². The monoisotopic (exact) mass is 297 g/mol. The molecule has 0 aromatic carbocycles. The Morgan fingerprint density at radius 3 is 2.90 bits per heavy atom. The van der Waals surface area contributed by atoms with E-state index in [0.717, 1.165) is 31.7 Å². The molecule has 20 heavy (non-hydrogen) atoms. The third kappa shape index (κ3) is 3.22.